The number of aromatic nitrogens is 1. The Morgan fingerprint density at radius 2 is 1.88 bits per heavy atom. The number of benzene rings is 2. The van der Waals surface area contributed by atoms with E-state index in [4.69, 9.17) is 19.0 Å². The van der Waals surface area contributed by atoms with Gasteiger partial charge in [0.25, 0.3) is 0 Å². The zero-order valence-electron chi connectivity index (χ0n) is 18.5. The number of halogens is 3. The normalized spacial score (nSPS) is 11.7. The largest absolute Gasteiger partial charge is 0.487 e. The molecule has 1 N–H and O–H groups in total. The minimum atomic E-state index is -4.38. The van der Waals surface area contributed by atoms with Gasteiger partial charge in [-0.3, -0.25) is 0 Å². The summed E-state index contributed by atoms with van der Waals surface area (Å²) < 4.78 is 53.9. The number of esters is 1. The van der Waals surface area contributed by atoms with E-state index in [1.807, 2.05) is 0 Å². The number of aliphatic hydroxyl groups excluding tert-OH is 1. The number of methoxy groups -OCH3 is 1. The fraction of sp³-hybridized carbons (Fsp3) is 0.280. The first kappa shape index (κ1) is 25.0. The van der Waals surface area contributed by atoms with Gasteiger partial charge in [0.15, 0.2) is 0 Å². The van der Waals surface area contributed by atoms with Gasteiger partial charge in [-0.25, -0.2) is 9.78 Å². The smallest absolute Gasteiger partial charge is 0.416 e. The molecule has 0 aliphatic heterocycles. The molecule has 9 heteroatoms. The lowest BCUT2D eigenvalue weighted by atomic mass is 10.0. The Kier molecular flexibility index (Phi) is 8.48. The summed E-state index contributed by atoms with van der Waals surface area (Å²) in [7, 11) is 1.31. The van der Waals surface area contributed by atoms with Crippen LogP contribution in [0.3, 0.4) is 0 Å². The van der Waals surface area contributed by atoms with Crippen molar-refractivity contribution in [1.82, 2.24) is 4.98 Å². The number of rotatable bonds is 10. The van der Waals surface area contributed by atoms with Crippen LogP contribution < -0.4 is 4.74 Å². The number of ether oxygens (including phenoxy) is 2. The molecule has 0 spiro atoms. The Balaban J connectivity index is 1.61. The highest BCUT2D eigenvalue weighted by Crippen LogP contribution is 2.29. The number of carbonyl (C=O) groups is 1. The molecular weight excluding hydrogens is 451 g/mol. The summed E-state index contributed by atoms with van der Waals surface area (Å²) in [6, 6.07) is 9.87. The number of oxazole rings is 1. The molecule has 0 saturated heterocycles. The molecule has 0 radical (unpaired) electrons. The van der Waals surface area contributed by atoms with Crippen molar-refractivity contribution in [2.75, 3.05) is 13.7 Å². The lowest BCUT2D eigenvalue weighted by molar-refractivity contribution is -0.137. The SMILES string of the molecule is COC(=O)c1cc(OCc2coc(/C=C/c3ccc(C(F)(F)F)cc3)n2)ccc1CCCCO. The van der Waals surface area contributed by atoms with E-state index in [0.717, 1.165) is 24.1 Å². The minimum absolute atomic E-state index is 0.0854. The molecule has 3 aromatic rings. The summed E-state index contributed by atoms with van der Waals surface area (Å²) in [5, 5.41) is 8.95. The molecule has 0 aliphatic rings. The summed E-state index contributed by atoms with van der Waals surface area (Å²) in [5.74, 6) is 0.255. The van der Waals surface area contributed by atoms with Gasteiger partial charge in [-0.15, -0.1) is 0 Å². The number of aryl methyl sites for hydroxylation is 1. The average molecular weight is 475 g/mol. The lowest BCUT2D eigenvalue weighted by Crippen LogP contribution is -2.07. The summed E-state index contributed by atoms with van der Waals surface area (Å²) in [5.41, 5.74) is 1.56. The van der Waals surface area contributed by atoms with Crippen LogP contribution in [0.25, 0.3) is 12.2 Å². The zero-order chi connectivity index (χ0) is 24.6. The van der Waals surface area contributed by atoms with Crippen molar-refractivity contribution >= 4 is 18.1 Å². The van der Waals surface area contributed by atoms with Gasteiger partial charge in [-0.05, 0) is 60.7 Å². The van der Waals surface area contributed by atoms with Crippen molar-refractivity contribution in [2.45, 2.75) is 32.0 Å². The first-order valence-electron chi connectivity index (χ1n) is 10.5. The van der Waals surface area contributed by atoms with Gasteiger partial charge in [0.2, 0.25) is 5.89 Å². The van der Waals surface area contributed by atoms with Gasteiger partial charge in [-0.1, -0.05) is 18.2 Å². The maximum Gasteiger partial charge on any atom is 0.416 e. The lowest BCUT2D eigenvalue weighted by Gasteiger charge is -2.11. The molecule has 0 unspecified atom stereocenters. The molecule has 2 aromatic carbocycles. The second-order valence-corrected chi connectivity index (χ2v) is 7.41. The molecule has 1 heterocycles. The summed E-state index contributed by atoms with van der Waals surface area (Å²) >= 11 is 0. The van der Waals surface area contributed by atoms with Crippen molar-refractivity contribution in [3.63, 3.8) is 0 Å². The number of alkyl halides is 3. The minimum Gasteiger partial charge on any atom is -0.487 e. The maximum atomic E-state index is 12.6. The number of hydrogen-bond acceptors (Lipinski definition) is 6. The van der Waals surface area contributed by atoms with Crippen molar-refractivity contribution in [3.05, 3.63) is 82.6 Å². The Bertz CT molecular complexity index is 1120. The number of carbonyl (C=O) groups excluding carboxylic acids is 1. The van der Waals surface area contributed by atoms with Crippen LogP contribution in [0.4, 0.5) is 13.2 Å². The molecular formula is C25H24F3NO5. The molecule has 6 nitrogen and oxygen atoms in total. The topological polar surface area (TPSA) is 81.8 Å². The van der Waals surface area contributed by atoms with Gasteiger partial charge in [0.05, 0.1) is 18.2 Å². The fourth-order valence-electron chi connectivity index (χ4n) is 3.16. The van der Waals surface area contributed by atoms with Gasteiger partial charge >= 0.3 is 12.1 Å². The number of hydrogen-bond donors (Lipinski definition) is 1. The van der Waals surface area contributed by atoms with E-state index in [-0.39, 0.29) is 19.1 Å². The van der Waals surface area contributed by atoms with Crippen molar-refractivity contribution in [2.24, 2.45) is 0 Å². The van der Waals surface area contributed by atoms with Crippen molar-refractivity contribution in [1.29, 1.82) is 0 Å². The van der Waals surface area contributed by atoms with E-state index in [2.05, 4.69) is 4.98 Å². The molecule has 0 aliphatic carbocycles. The van der Waals surface area contributed by atoms with Crippen LogP contribution >= 0.6 is 0 Å². The molecule has 3 rings (SSSR count). The number of unbranched alkanes of at least 4 members (excludes halogenated alkanes) is 1. The Labute approximate surface area is 194 Å². The third-order valence-electron chi connectivity index (χ3n) is 4.95. The predicted octanol–water partition coefficient (Wildman–Crippen LogP) is 5.54. The van der Waals surface area contributed by atoms with Gasteiger partial charge in [0.1, 0.15) is 24.3 Å². The average Bonchev–Trinajstić information content (AvgIpc) is 3.29. The molecule has 1 aromatic heterocycles. The molecule has 0 saturated carbocycles. The van der Waals surface area contributed by atoms with Crippen LogP contribution in [0.5, 0.6) is 5.75 Å². The van der Waals surface area contributed by atoms with E-state index in [0.29, 0.717) is 35.4 Å². The van der Waals surface area contributed by atoms with Gasteiger partial charge in [-0.2, -0.15) is 13.2 Å². The third-order valence-corrected chi connectivity index (χ3v) is 4.95. The second-order valence-electron chi connectivity index (χ2n) is 7.41. The number of aliphatic hydroxyl groups is 1. The fourth-order valence-corrected chi connectivity index (χ4v) is 3.16. The van der Waals surface area contributed by atoms with E-state index in [9.17, 15) is 18.0 Å². The standard InChI is InChI=1S/C25H24F3NO5/c1-32-24(31)22-14-21(11-8-18(22)4-2-3-13-30)33-15-20-16-34-23(29-20)12-7-17-5-9-19(10-6-17)25(26,27)28/h5-12,14,16,30H,2-4,13,15H2,1H3/b12-7+. The Morgan fingerprint density at radius 1 is 1.12 bits per heavy atom. The van der Waals surface area contributed by atoms with Crippen LogP contribution in [0, 0.1) is 0 Å². The molecule has 0 atom stereocenters. The van der Waals surface area contributed by atoms with Crippen molar-refractivity contribution < 1.29 is 37.0 Å². The van der Waals surface area contributed by atoms with E-state index >= 15 is 0 Å². The van der Waals surface area contributed by atoms with Gasteiger partial charge in [0, 0.05) is 12.7 Å². The molecule has 0 fully saturated rings. The summed E-state index contributed by atoms with van der Waals surface area (Å²) in [6.45, 7) is 0.177. The molecule has 0 amide bonds. The highest BCUT2D eigenvalue weighted by molar-refractivity contribution is 5.91. The summed E-state index contributed by atoms with van der Waals surface area (Å²) in [4.78, 5) is 16.4. The van der Waals surface area contributed by atoms with Gasteiger partial charge < -0.3 is 19.0 Å². The first-order valence-corrected chi connectivity index (χ1v) is 10.5. The third kappa shape index (κ3) is 6.95. The maximum absolute atomic E-state index is 12.6. The Hall–Kier alpha value is -3.59. The molecule has 34 heavy (non-hydrogen) atoms. The van der Waals surface area contributed by atoms with E-state index in [1.54, 1.807) is 30.4 Å². The zero-order valence-corrected chi connectivity index (χ0v) is 18.5. The highest BCUT2D eigenvalue weighted by atomic mass is 19.4. The van der Waals surface area contributed by atoms with Crippen LogP contribution in [-0.4, -0.2) is 29.8 Å². The van der Waals surface area contributed by atoms with Crippen LogP contribution in [-0.2, 0) is 23.9 Å². The Morgan fingerprint density at radius 3 is 2.56 bits per heavy atom. The van der Waals surface area contributed by atoms with Crippen LogP contribution in [0.15, 0.2) is 53.1 Å². The van der Waals surface area contributed by atoms with Crippen LogP contribution in [0.1, 0.15) is 51.5 Å². The van der Waals surface area contributed by atoms with E-state index in [1.165, 1.54) is 25.5 Å². The molecule has 0 bridgehead atoms. The quantitative estimate of drug-likeness (QED) is 0.306. The second kappa shape index (κ2) is 11.5. The van der Waals surface area contributed by atoms with Crippen molar-refractivity contribution in [3.8, 4) is 5.75 Å². The van der Waals surface area contributed by atoms with E-state index < -0.39 is 17.7 Å². The monoisotopic (exact) mass is 475 g/mol. The first-order chi connectivity index (χ1) is 16.3. The van der Waals surface area contributed by atoms with Crippen LogP contribution in [0.2, 0.25) is 0 Å². The number of nitrogens with zero attached hydrogens (tertiary/aromatic N) is 1. The highest BCUT2D eigenvalue weighted by Gasteiger charge is 2.29. The molecule has 180 valence electrons. The predicted molar refractivity (Wildman–Crippen MR) is 119 cm³/mol. The summed E-state index contributed by atoms with van der Waals surface area (Å²) in [6.07, 6.45) is 2.18.